The van der Waals surface area contributed by atoms with Gasteiger partial charge in [0.1, 0.15) is 25.3 Å². The zero-order chi connectivity index (χ0) is 21.5. The molecule has 1 rings (SSSR count). The zero-order valence-corrected chi connectivity index (χ0v) is 19.1. The largest absolute Gasteiger partial charge is 0.481 e. The summed E-state index contributed by atoms with van der Waals surface area (Å²) in [5.41, 5.74) is 0. The summed E-state index contributed by atoms with van der Waals surface area (Å²) in [6.07, 6.45) is 14.2. The molecule has 1 saturated heterocycles. The second-order valence-corrected chi connectivity index (χ2v) is 9.37. The Morgan fingerprint density at radius 2 is 1.41 bits per heavy atom. The number of carboxylic acids is 1. The van der Waals surface area contributed by atoms with Crippen molar-refractivity contribution in [2.45, 2.75) is 103 Å². The Labute approximate surface area is 178 Å². The Morgan fingerprint density at radius 1 is 0.897 bits per heavy atom. The van der Waals surface area contributed by atoms with Gasteiger partial charge in [0.15, 0.2) is 0 Å². The van der Waals surface area contributed by atoms with E-state index < -0.39 is 5.97 Å². The SMILES string of the molecule is CCCCCCCCCCCCCC(=O)NC[C@H]1C[N+](C)(C)C[C@@H](CC(=O)O)O1. The van der Waals surface area contributed by atoms with Gasteiger partial charge in [-0.1, -0.05) is 71.1 Å². The standard InChI is InChI=1S/C23H44N2O4/c1-4-5-6-7-8-9-10-11-12-13-14-15-22(26)24-17-21-19-25(2,3)18-20(29-21)16-23(27)28/h20-21H,4-19H2,1-3H3,(H-,24,26,27,28)/p+1/t20-,21+/m1/s1. The first-order valence-corrected chi connectivity index (χ1v) is 11.8. The zero-order valence-electron chi connectivity index (χ0n) is 19.1. The number of carbonyl (C=O) groups is 2. The maximum absolute atomic E-state index is 12.1. The minimum Gasteiger partial charge on any atom is -0.481 e. The minimum absolute atomic E-state index is 0.0187. The molecule has 0 aliphatic carbocycles. The average molecular weight is 414 g/mol. The summed E-state index contributed by atoms with van der Waals surface area (Å²) in [6.45, 7) is 4.20. The van der Waals surface area contributed by atoms with Crippen LogP contribution >= 0.6 is 0 Å². The highest BCUT2D eigenvalue weighted by molar-refractivity contribution is 5.75. The van der Waals surface area contributed by atoms with Crippen LogP contribution in [0.2, 0.25) is 0 Å². The van der Waals surface area contributed by atoms with E-state index in [4.69, 9.17) is 9.84 Å². The fourth-order valence-electron chi connectivity index (χ4n) is 4.22. The number of morpholine rings is 1. The molecule has 0 aromatic heterocycles. The van der Waals surface area contributed by atoms with E-state index in [1.165, 1.54) is 57.8 Å². The minimum atomic E-state index is -0.837. The molecule has 1 amide bonds. The van der Waals surface area contributed by atoms with Gasteiger partial charge >= 0.3 is 5.97 Å². The molecule has 0 aromatic carbocycles. The first kappa shape index (κ1) is 25.9. The van der Waals surface area contributed by atoms with Crippen molar-refractivity contribution in [2.75, 3.05) is 33.7 Å². The topological polar surface area (TPSA) is 75.6 Å². The first-order chi connectivity index (χ1) is 13.8. The van der Waals surface area contributed by atoms with Gasteiger partial charge in [-0.05, 0) is 6.42 Å². The third-order valence-corrected chi connectivity index (χ3v) is 5.72. The molecule has 6 heteroatoms. The molecule has 1 aliphatic heterocycles. The highest BCUT2D eigenvalue weighted by Gasteiger charge is 2.35. The number of rotatable bonds is 16. The quantitative estimate of drug-likeness (QED) is 0.295. The van der Waals surface area contributed by atoms with Gasteiger partial charge < -0.3 is 19.6 Å². The van der Waals surface area contributed by atoms with Gasteiger partial charge in [-0.2, -0.15) is 0 Å². The fourth-order valence-corrected chi connectivity index (χ4v) is 4.22. The van der Waals surface area contributed by atoms with Crippen molar-refractivity contribution in [3.63, 3.8) is 0 Å². The lowest BCUT2D eigenvalue weighted by Gasteiger charge is -2.41. The molecule has 0 unspecified atom stereocenters. The molecule has 0 bridgehead atoms. The van der Waals surface area contributed by atoms with Gasteiger partial charge in [0.25, 0.3) is 0 Å². The molecule has 1 aliphatic rings. The number of amides is 1. The van der Waals surface area contributed by atoms with Gasteiger partial charge in [0.2, 0.25) is 5.91 Å². The Bertz CT molecular complexity index is 468. The highest BCUT2D eigenvalue weighted by atomic mass is 16.5. The Balaban J connectivity index is 2.05. The number of hydrogen-bond acceptors (Lipinski definition) is 3. The second-order valence-electron chi connectivity index (χ2n) is 9.37. The highest BCUT2D eigenvalue weighted by Crippen LogP contribution is 2.18. The summed E-state index contributed by atoms with van der Waals surface area (Å²) >= 11 is 0. The summed E-state index contributed by atoms with van der Waals surface area (Å²) < 4.78 is 6.60. The molecule has 6 nitrogen and oxygen atoms in total. The molecule has 0 aromatic rings. The van der Waals surface area contributed by atoms with Crippen molar-refractivity contribution in [1.29, 1.82) is 0 Å². The fraction of sp³-hybridized carbons (Fsp3) is 0.913. The molecule has 0 radical (unpaired) electrons. The van der Waals surface area contributed by atoms with Crippen LogP contribution in [0.25, 0.3) is 0 Å². The lowest BCUT2D eigenvalue weighted by molar-refractivity contribution is -0.905. The molecule has 1 heterocycles. The van der Waals surface area contributed by atoms with Crippen LogP contribution in [0, 0.1) is 0 Å². The van der Waals surface area contributed by atoms with Gasteiger partial charge in [0, 0.05) is 13.0 Å². The Morgan fingerprint density at radius 3 is 1.97 bits per heavy atom. The summed E-state index contributed by atoms with van der Waals surface area (Å²) in [5, 5.41) is 12.0. The predicted molar refractivity (Wildman–Crippen MR) is 117 cm³/mol. The van der Waals surface area contributed by atoms with Gasteiger partial charge in [-0.3, -0.25) is 9.59 Å². The van der Waals surface area contributed by atoms with Crippen LogP contribution in [0.3, 0.4) is 0 Å². The molecular weight excluding hydrogens is 368 g/mol. The smallest absolute Gasteiger partial charge is 0.306 e. The normalized spacial score (nSPS) is 21.1. The predicted octanol–water partition coefficient (Wildman–Crippen LogP) is 4.12. The van der Waals surface area contributed by atoms with Crippen molar-refractivity contribution in [2.24, 2.45) is 0 Å². The number of ether oxygens (including phenoxy) is 1. The van der Waals surface area contributed by atoms with Crippen LogP contribution in [-0.4, -0.2) is 67.4 Å². The van der Waals surface area contributed by atoms with Gasteiger partial charge in [0.05, 0.1) is 20.5 Å². The van der Waals surface area contributed by atoms with E-state index in [0.717, 1.165) is 23.9 Å². The Hall–Kier alpha value is -1.14. The molecule has 2 atom stereocenters. The number of quaternary nitrogens is 1. The number of carboxylic acid groups (broad SMARTS) is 1. The molecule has 0 spiro atoms. The number of likely N-dealkylation sites (N-methyl/N-ethyl adjacent to an activating group) is 1. The van der Waals surface area contributed by atoms with Crippen molar-refractivity contribution >= 4 is 11.9 Å². The number of nitrogens with one attached hydrogen (secondary N) is 1. The van der Waals surface area contributed by atoms with Crippen LogP contribution in [0.5, 0.6) is 0 Å². The van der Waals surface area contributed by atoms with E-state index in [9.17, 15) is 9.59 Å². The summed E-state index contributed by atoms with van der Waals surface area (Å²) in [5.74, 6) is -0.758. The molecule has 2 N–H and O–H groups in total. The van der Waals surface area contributed by atoms with Gasteiger partial charge in [-0.25, -0.2) is 0 Å². The second kappa shape index (κ2) is 14.8. The lowest BCUT2D eigenvalue weighted by atomic mass is 10.1. The summed E-state index contributed by atoms with van der Waals surface area (Å²) in [4.78, 5) is 23.1. The summed E-state index contributed by atoms with van der Waals surface area (Å²) in [6, 6.07) is 0. The van der Waals surface area contributed by atoms with Crippen LogP contribution in [-0.2, 0) is 14.3 Å². The monoisotopic (exact) mass is 413 g/mol. The number of hydrogen-bond donors (Lipinski definition) is 2. The average Bonchev–Trinajstić information content (AvgIpc) is 2.62. The number of carbonyl (C=O) groups excluding carboxylic acids is 1. The molecule has 170 valence electrons. The third-order valence-electron chi connectivity index (χ3n) is 5.72. The van der Waals surface area contributed by atoms with Crippen LogP contribution < -0.4 is 5.32 Å². The van der Waals surface area contributed by atoms with Crippen molar-refractivity contribution in [1.82, 2.24) is 5.32 Å². The van der Waals surface area contributed by atoms with E-state index in [-0.39, 0.29) is 24.5 Å². The summed E-state index contributed by atoms with van der Waals surface area (Å²) in [7, 11) is 4.16. The maximum Gasteiger partial charge on any atom is 0.306 e. The van der Waals surface area contributed by atoms with E-state index in [1.54, 1.807) is 0 Å². The number of nitrogens with zero attached hydrogens (tertiary/aromatic N) is 1. The van der Waals surface area contributed by atoms with E-state index in [2.05, 4.69) is 26.3 Å². The van der Waals surface area contributed by atoms with Gasteiger partial charge in [-0.15, -0.1) is 0 Å². The molecular formula is C23H45N2O4+. The van der Waals surface area contributed by atoms with Crippen molar-refractivity contribution < 1.29 is 23.9 Å². The van der Waals surface area contributed by atoms with E-state index >= 15 is 0 Å². The van der Waals surface area contributed by atoms with Crippen LogP contribution in [0.15, 0.2) is 0 Å². The molecule has 29 heavy (non-hydrogen) atoms. The first-order valence-electron chi connectivity index (χ1n) is 11.8. The third kappa shape index (κ3) is 13.7. The molecule has 0 saturated carbocycles. The number of unbranched alkanes of at least 4 members (excludes halogenated alkanes) is 10. The number of aliphatic carboxylic acids is 1. The maximum atomic E-state index is 12.1. The van der Waals surface area contributed by atoms with E-state index in [1.807, 2.05) is 0 Å². The molecule has 1 fully saturated rings. The van der Waals surface area contributed by atoms with E-state index in [0.29, 0.717) is 19.5 Å². The Kier molecular flexibility index (Phi) is 13.2. The van der Waals surface area contributed by atoms with Crippen molar-refractivity contribution in [3.8, 4) is 0 Å². The van der Waals surface area contributed by atoms with Crippen LogP contribution in [0.1, 0.15) is 90.4 Å². The van der Waals surface area contributed by atoms with Crippen molar-refractivity contribution in [3.05, 3.63) is 0 Å². The lowest BCUT2D eigenvalue weighted by Crippen LogP contribution is -2.59. The van der Waals surface area contributed by atoms with Crippen LogP contribution in [0.4, 0.5) is 0 Å².